The van der Waals surface area contributed by atoms with E-state index in [2.05, 4.69) is 32.7 Å². The summed E-state index contributed by atoms with van der Waals surface area (Å²) in [6.45, 7) is 0.880. The molecule has 18 heavy (non-hydrogen) atoms. The highest BCUT2D eigenvalue weighted by molar-refractivity contribution is 9.10. The van der Waals surface area contributed by atoms with Crippen LogP contribution in [-0.4, -0.2) is 24.3 Å². The van der Waals surface area contributed by atoms with Crippen LogP contribution in [0.25, 0.3) is 0 Å². The monoisotopic (exact) mass is 332 g/mol. The third-order valence-electron chi connectivity index (χ3n) is 3.73. The zero-order chi connectivity index (χ0) is 13.0. The van der Waals surface area contributed by atoms with Gasteiger partial charge in [0, 0.05) is 33.9 Å². The summed E-state index contributed by atoms with van der Waals surface area (Å²) < 4.78 is 1.12. The first-order chi connectivity index (χ1) is 8.74. The summed E-state index contributed by atoms with van der Waals surface area (Å²) in [5.41, 5.74) is 5.88. The maximum Gasteiger partial charge on any atom is 0.0541 e. The van der Waals surface area contributed by atoms with E-state index >= 15 is 0 Å². The van der Waals surface area contributed by atoms with Crippen molar-refractivity contribution in [1.29, 1.82) is 0 Å². The molecule has 0 aliphatic heterocycles. The molecule has 0 spiro atoms. The van der Waals surface area contributed by atoms with Gasteiger partial charge in [-0.3, -0.25) is 0 Å². The first kappa shape index (κ1) is 14.5. The van der Waals surface area contributed by atoms with Crippen LogP contribution in [0.5, 0.6) is 0 Å². The largest absolute Gasteiger partial charge is 0.396 e. The molecule has 3 atom stereocenters. The van der Waals surface area contributed by atoms with Crippen molar-refractivity contribution >= 4 is 27.3 Å². The van der Waals surface area contributed by atoms with Gasteiger partial charge >= 0.3 is 0 Å². The molecule has 102 valence electrons. The van der Waals surface area contributed by atoms with Gasteiger partial charge in [0.15, 0.2) is 0 Å². The summed E-state index contributed by atoms with van der Waals surface area (Å²) in [6.07, 6.45) is 4.76. The van der Waals surface area contributed by atoms with E-state index in [1.165, 1.54) is 17.7 Å². The lowest BCUT2D eigenvalue weighted by molar-refractivity contribution is 0.146. The minimum absolute atomic E-state index is 0.207. The molecule has 1 heterocycles. The Morgan fingerprint density at radius 1 is 1.50 bits per heavy atom. The van der Waals surface area contributed by atoms with Gasteiger partial charge in [-0.1, -0.05) is 12.8 Å². The quantitative estimate of drug-likeness (QED) is 0.776. The molecule has 0 bridgehead atoms. The first-order valence-corrected chi connectivity index (χ1v) is 8.22. The fourth-order valence-electron chi connectivity index (χ4n) is 2.68. The molecule has 1 aliphatic rings. The summed E-state index contributed by atoms with van der Waals surface area (Å²) in [7, 11) is 0. The normalized spacial score (nSPS) is 26.2. The molecule has 4 N–H and O–H groups in total. The number of hydrogen-bond acceptors (Lipinski definition) is 4. The van der Waals surface area contributed by atoms with Crippen molar-refractivity contribution < 1.29 is 5.11 Å². The van der Waals surface area contributed by atoms with Crippen molar-refractivity contribution in [1.82, 2.24) is 5.32 Å². The van der Waals surface area contributed by atoms with Gasteiger partial charge in [-0.25, -0.2) is 0 Å². The van der Waals surface area contributed by atoms with Crippen LogP contribution < -0.4 is 11.1 Å². The Labute approximate surface area is 121 Å². The van der Waals surface area contributed by atoms with Crippen LogP contribution in [0.4, 0.5) is 0 Å². The maximum atomic E-state index is 9.45. The third kappa shape index (κ3) is 3.54. The van der Waals surface area contributed by atoms with E-state index in [4.69, 9.17) is 5.73 Å². The SMILES string of the molecule is NCC(NC1CCCCC1CO)c1cc(Br)cs1. The van der Waals surface area contributed by atoms with E-state index in [1.807, 2.05) is 0 Å². The summed E-state index contributed by atoms with van der Waals surface area (Å²) in [6, 6.07) is 2.74. The van der Waals surface area contributed by atoms with Gasteiger partial charge in [0.05, 0.1) is 6.04 Å². The maximum absolute atomic E-state index is 9.45. The average molecular weight is 333 g/mol. The van der Waals surface area contributed by atoms with E-state index in [1.54, 1.807) is 11.3 Å². The lowest BCUT2D eigenvalue weighted by Crippen LogP contribution is -2.43. The van der Waals surface area contributed by atoms with E-state index in [0.29, 0.717) is 18.5 Å². The fourth-order valence-corrected chi connectivity index (χ4v) is 4.20. The van der Waals surface area contributed by atoms with Crippen molar-refractivity contribution in [3.05, 3.63) is 20.8 Å². The molecule has 3 unspecified atom stereocenters. The van der Waals surface area contributed by atoms with Crippen molar-refractivity contribution in [2.24, 2.45) is 11.7 Å². The van der Waals surface area contributed by atoms with E-state index in [0.717, 1.165) is 17.3 Å². The molecule has 0 radical (unpaired) electrons. The number of hydrogen-bond donors (Lipinski definition) is 3. The highest BCUT2D eigenvalue weighted by Crippen LogP contribution is 2.29. The predicted octanol–water partition coefficient (Wildman–Crippen LogP) is 2.65. The average Bonchev–Trinajstić information content (AvgIpc) is 2.83. The number of halogens is 1. The third-order valence-corrected chi connectivity index (χ3v) is 5.53. The lowest BCUT2D eigenvalue weighted by atomic mass is 9.84. The molecule has 1 aromatic rings. The molecule has 1 aliphatic carbocycles. The number of nitrogens with two attached hydrogens (primary N) is 1. The molecule has 1 fully saturated rings. The number of nitrogens with one attached hydrogen (secondary N) is 1. The molecule has 2 rings (SSSR count). The van der Waals surface area contributed by atoms with Gasteiger partial charge in [0.25, 0.3) is 0 Å². The highest BCUT2D eigenvalue weighted by Gasteiger charge is 2.27. The first-order valence-electron chi connectivity index (χ1n) is 6.55. The van der Waals surface area contributed by atoms with Crippen LogP contribution >= 0.6 is 27.3 Å². The minimum atomic E-state index is 0.207. The second-order valence-corrected chi connectivity index (χ2v) is 6.81. The number of aliphatic hydroxyl groups excluding tert-OH is 1. The minimum Gasteiger partial charge on any atom is -0.396 e. The highest BCUT2D eigenvalue weighted by atomic mass is 79.9. The van der Waals surface area contributed by atoms with E-state index in [9.17, 15) is 5.11 Å². The molecule has 1 aromatic heterocycles. The second kappa shape index (κ2) is 7.01. The summed E-state index contributed by atoms with van der Waals surface area (Å²) in [5.74, 6) is 0.385. The summed E-state index contributed by atoms with van der Waals surface area (Å²) >= 11 is 5.21. The van der Waals surface area contributed by atoms with Crippen molar-refractivity contribution in [3.8, 4) is 0 Å². The van der Waals surface area contributed by atoms with Crippen LogP contribution in [0, 0.1) is 5.92 Å². The molecule has 0 aromatic carbocycles. The zero-order valence-corrected chi connectivity index (χ0v) is 12.8. The Balaban J connectivity index is 2.00. The summed E-state index contributed by atoms with van der Waals surface area (Å²) in [4.78, 5) is 1.27. The molecule has 1 saturated carbocycles. The summed E-state index contributed by atoms with van der Waals surface area (Å²) in [5, 5.41) is 15.2. The number of rotatable bonds is 5. The second-order valence-electron chi connectivity index (χ2n) is 4.96. The Morgan fingerprint density at radius 3 is 2.89 bits per heavy atom. The lowest BCUT2D eigenvalue weighted by Gasteiger charge is -2.33. The van der Waals surface area contributed by atoms with E-state index < -0.39 is 0 Å². The van der Waals surface area contributed by atoms with Crippen LogP contribution in [0.1, 0.15) is 36.6 Å². The van der Waals surface area contributed by atoms with Crippen LogP contribution in [0.2, 0.25) is 0 Å². The fraction of sp³-hybridized carbons (Fsp3) is 0.692. The van der Waals surface area contributed by atoms with E-state index in [-0.39, 0.29) is 12.6 Å². The van der Waals surface area contributed by atoms with Gasteiger partial charge in [-0.2, -0.15) is 0 Å². The Bertz CT molecular complexity index is 372. The molecule has 5 heteroatoms. The molecule has 3 nitrogen and oxygen atoms in total. The molecule has 0 saturated heterocycles. The Morgan fingerprint density at radius 2 is 2.28 bits per heavy atom. The van der Waals surface area contributed by atoms with Crippen LogP contribution in [0.15, 0.2) is 15.9 Å². The van der Waals surface area contributed by atoms with Crippen molar-refractivity contribution in [3.63, 3.8) is 0 Å². The van der Waals surface area contributed by atoms with Gasteiger partial charge in [-0.05, 0) is 40.8 Å². The van der Waals surface area contributed by atoms with Crippen LogP contribution in [0.3, 0.4) is 0 Å². The Kier molecular flexibility index (Phi) is 5.63. The number of aliphatic hydroxyl groups is 1. The molecular formula is C13H21BrN2OS. The predicted molar refractivity (Wildman–Crippen MR) is 79.8 cm³/mol. The Hall–Kier alpha value is 0.0600. The zero-order valence-electron chi connectivity index (χ0n) is 10.4. The van der Waals surface area contributed by atoms with Crippen molar-refractivity contribution in [2.45, 2.75) is 37.8 Å². The van der Waals surface area contributed by atoms with Crippen molar-refractivity contribution in [2.75, 3.05) is 13.2 Å². The number of thiophene rings is 1. The van der Waals surface area contributed by atoms with Gasteiger partial charge in [-0.15, -0.1) is 11.3 Å². The molecular weight excluding hydrogens is 312 g/mol. The van der Waals surface area contributed by atoms with Gasteiger partial charge in [0.1, 0.15) is 0 Å². The van der Waals surface area contributed by atoms with Gasteiger partial charge < -0.3 is 16.2 Å². The topological polar surface area (TPSA) is 58.3 Å². The molecule has 0 amide bonds. The smallest absolute Gasteiger partial charge is 0.0541 e. The van der Waals surface area contributed by atoms with Crippen LogP contribution in [-0.2, 0) is 0 Å². The van der Waals surface area contributed by atoms with Gasteiger partial charge in [0.2, 0.25) is 0 Å². The standard InChI is InChI=1S/C13H21BrN2OS/c14-10-5-13(18-8-10)12(6-15)16-11-4-2-1-3-9(11)7-17/h5,8-9,11-12,16-17H,1-4,6-7,15H2.